The quantitative estimate of drug-likeness (QED) is 0.140. The van der Waals surface area contributed by atoms with Crippen LogP contribution in [0.3, 0.4) is 0 Å². The van der Waals surface area contributed by atoms with Gasteiger partial charge in [0, 0.05) is 0 Å². The monoisotopic (exact) mass is 402 g/mol. The summed E-state index contributed by atoms with van der Waals surface area (Å²) in [7, 11) is 0. The summed E-state index contributed by atoms with van der Waals surface area (Å²) >= 11 is 4.08. The number of rotatable bonds is 20. The van der Waals surface area contributed by atoms with Gasteiger partial charge in [-0.3, -0.25) is 9.59 Å². The second-order valence-corrected chi connectivity index (χ2v) is 8.02. The van der Waals surface area contributed by atoms with Gasteiger partial charge in [0.05, 0.1) is 18.9 Å². The number of carbonyl (C=O) groups excluding carboxylic acids is 1. The molecule has 1 atom stereocenters. The average molecular weight is 403 g/mol. The third-order valence-electron chi connectivity index (χ3n) is 4.96. The highest BCUT2D eigenvalue weighted by Crippen LogP contribution is 2.18. The van der Waals surface area contributed by atoms with E-state index in [1.54, 1.807) is 0 Å². The van der Waals surface area contributed by atoms with Crippen LogP contribution in [0.15, 0.2) is 0 Å². The van der Waals surface area contributed by atoms with Crippen LogP contribution >= 0.6 is 12.6 Å². The molecule has 5 heteroatoms. The first-order valence-electron chi connectivity index (χ1n) is 11.1. The molecule has 0 heterocycles. The first kappa shape index (κ1) is 26.3. The van der Waals surface area contributed by atoms with Gasteiger partial charge in [-0.2, -0.15) is 12.6 Å². The van der Waals surface area contributed by atoms with Gasteiger partial charge in [-0.1, -0.05) is 90.4 Å². The maximum Gasteiger partial charge on any atom is 0.309 e. The summed E-state index contributed by atoms with van der Waals surface area (Å²) in [6.07, 6.45) is 17.8. The predicted octanol–water partition coefficient (Wildman–Crippen LogP) is 6.42. The largest absolute Gasteiger partial charge is 0.481 e. The van der Waals surface area contributed by atoms with Crippen LogP contribution in [-0.2, 0) is 14.3 Å². The molecule has 0 radical (unpaired) electrons. The number of unbranched alkanes of at least 4 members (excludes halogenated alkanes) is 12. The number of carboxylic acids is 1. The van der Waals surface area contributed by atoms with Crippen molar-refractivity contribution in [3.05, 3.63) is 0 Å². The minimum atomic E-state index is -0.930. The molecule has 0 spiro atoms. The van der Waals surface area contributed by atoms with Crippen molar-refractivity contribution in [1.82, 2.24) is 0 Å². The van der Waals surface area contributed by atoms with Gasteiger partial charge in [0.15, 0.2) is 0 Å². The second kappa shape index (κ2) is 20.0. The Bertz CT molecular complexity index is 360. The number of esters is 1. The molecule has 1 N–H and O–H groups in total. The fraction of sp³-hybridized carbons (Fsp3) is 0.909. The molecule has 0 aromatic rings. The lowest BCUT2D eigenvalue weighted by Crippen LogP contribution is -2.21. The Morgan fingerprint density at radius 3 is 1.74 bits per heavy atom. The van der Waals surface area contributed by atoms with E-state index < -0.39 is 11.9 Å². The number of carboxylic acid groups (broad SMARTS) is 1. The van der Waals surface area contributed by atoms with Crippen molar-refractivity contribution in [2.45, 2.75) is 110 Å². The maximum absolute atomic E-state index is 12.0. The molecule has 160 valence electrons. The molecule has 27 heavy (non-hydrogen) atoms. The Morgan fingerprint density at radius 2 is 1.30 bits per heavy atom. The van der Waals surface area contributed by atoms with Crippen LogP contribution < -0.4 is 0 Å². The Balaban J connectivity index is 3.62. The standard InChI is InChI=1S/C22H42O4S/c1-2-3-4-5-6-7-8-9-10-11-12-13-14-16-20(19-21(23)24)22(25)26-17-15-18-27/h20,27H,2-19H2,1H3,(H,23,24). The lowest BCUT2D eigenvalue weighted by molar-refractivity contribution is -0.153. The van der Waals surface area contributed by atoms with Crippen molar-refractivity contribution in [3.63, 3.8) is 0 Å². The van der Waals surface area contributed by atoms with Crippen LogP contribution in [0.4, 0.5) is 0 Å². The summed E-state index contributed by atoms with van der Waals surface area (Å²) in [5.41, 5.74) is 0. The topological polar surface area (TPSA) is 63.6 Å². The van der Waals surface area contributed by atoms with E-state index in [0.29, 0.717) is 25.2 Å². The van der Waals surface area contributed by atoms with Crippen molar-refractivity contribution < 1.29 is 19.4 Å². The van der Waals surface area contributed by atoms with Crippen molar-refractivity contribution >= 4 is 24.6 Å². The molecule has 4 nitrogen and oxygen atoms in total. The molecule has 0 amide bonds. The summed E-state index contributed by atoms with van der Waals surface area (Å²) in [5, 5.41) is 8.99. The summed E-state index contributed by atoms with van der Waals surface area (Å²) < 4.78 is 5.16. The van der Waals surface area contributed by atoms with Gasteiger partial charge in [-0.25, -0.2) is 0 Å². The third kappa shape index (κ3) is 18.4. The minimum Gasteiger partial charge on any atom is -0.481 e. The normalized spacial score (nSPS) is 12.1. The Hall–Kier alpha value is -0.710. The van der Waals surface area contributed by atoms with Crippen LogP contribution in [0.25, 0.3) is 0 Å². The highest BCUT2D eigenvalue weighted by atomic mass is 32.1. The van der Waals surface area contributed by atoms with Crippen LogP contribution in [0.1, 0.15) is 110 Å². The van der Waals surface area contributed by atoms with Crippen molar-refractivity contribution in [3.8, 4) is 0 Å². The number of aliphatic carboxylic acids is 1. The molecule has 0 rings (SSSR count). The SMILES string of the molecule is CCCCCCCCCCCCCCCC(CC(=O)O)C(=O)OCCCS. The molecule has 0 aromatic heterocycles. The van der Waals surface area contributed by atoms with Crippen LogP contribution in [0, 0.1) is 5.92 Å². The molecule has 0 bridgehead atoms. The van der Waals surface area contributed by atoms with E-state index in [4.69, 9.17) is 9.84 Å². The minimum absolute atomic E-state index is 0.127. The first-order chi connectivity index (χ1) is 13.1. The highest BCUT2D eigenvalue weighted by molar-refractivity contribution is 7.80. The fourth-order valence-corrected chi connectivity index (χ4v) is 3.41. The van der Waals surface area contributed by atoms with Gasteiger partial charge < -0.3 is 9.84 Å². The number of thiol groups is 1. The van der Waals surface area contributed by atoms with Crippen LogP contribution in [-0.4, -0.2) is 29.4 Å². The van der Waals surface area contributed by atoms with Crippen molar-refractivity contribution in [2.24, 2.45) is 5.92 Å². The molecule has 0 fully saturated rings. The van der Waals surface area contributed by atoms with Gasteiger partial charge in [0.1, 0.15) is 0 Å². The molecule has 0 aromatic carbocycles. The highest BCUT2D eigenvalue weighted by Gasteiger charge is 2.22. The average Bonchev–Trinajstić information content (AvgIpc) is 2.64. The van der Waals surface area contributed by atoms with E-state index in [1.807, 2.05) is 0 Å². The fourth-order valence-electron chi connectivity index (χ4n) is 3.28. The Kier molecular flexibility index (Phi) is 19.5. The summed E-state index contributed by atoms with van der Waals surface area (Å²) in [5.74, 6) is -1.13. The van der Waals surface area contributed by atoms with Gasteiger partial charge in [0.2, 0.25) is 0 Å². The summed E-state index contributed by atoms with van der Waals surface area (Å²) in [6, 6.07) is 0. The second-order valence-electron chi connectivity index (χ2n) is 7.57. The van der Waals surface area contributed by atoms with E-state index in [9.17, 15) is 9.59 Å². The van der Waals surface area contributed by atoms with Crippen LogP contribution in [0.5, 0.6) is 0 Å². The van der Waals surface area contributed by atoms with E-state index in [-0.39, 0.29) is 12.4 Å². The van der Waals surface area contributed by atoms with Crippen molar-refractivity contribution in [1.29, 1.82) is 0 Å². The Labute approximate surface area is 172 Å². The molecule has 0 saturated heterocycles. The van der Waals surface area contributed by atoms with E-state index in [1.165, 1.54) is 70.6 Å². The zero-order valence-electron chi connectivity index (χ0n) is 17.4. The number of carbonyl (C=O) groups is 2. The third-order valence-corrected chi connectivity index (χ3v) is 5.27. The van der Waals surface area contributed by atoms with E-state index in [2.05, 4.69) is 19.6 Å². The van der Waals surface area contributed by atoms with Crippen LogP contribution in [0.2, 0.25) is 0 Å². The summed E-state index contributed by atoms with van der Waals surface area (Å²) in [6.45, 7) is 2.58. The zero-order chi connectivity index (χ0) is 20.2. The lowest BCUT2D eigenvalue weighted by atomic mass is 9.97. The molecule has 1 unspecified atom stereocenters. The number of hydrogen-bond acceptors (Lipinski definition) is 4. The first-order valence-corrected chi connectivity index (χ1v) is 11.7. The molecule has 0 saturated carbocycles. The van der Waals surface area contributed by atoms with Gasteiger partial charge in [-0.05, 0) is 18.6 Å². The van der Waals surface area contributed by atoms with Crippen molar-refractivity contribution in [2.75, 3.05) is 12.4 Å². The molecular weight excluding hydrogens is 360 g/mol. The van der Waals surface area contributed by atoms with Gasteiger partial charge in [0.25, 0.3) is 0 Å². The van der Waals surface area contributed by atoms with E-state index >= 15 is 0 Å². The maximum atomic E-state index is 12.0. The smallest absolute Gasteiger partial charge is 0.309 e. The summed E-state index contributed by atoms with van der Waals surface area (Å²) in [4.78, 5) is 23.0. The molecule has 0 aliphatic carbocycles. The lowest BCUT2D eigenvalue weighted by Gasteiger charge is -2.14. The molecule has 0 aliphatic rings. The number of ether oxygens (including phenoxy) is 1. The zero-order valence-corrected chi connectivity index (χ0v) is 18.3. The molecule has 0 aliphatic heterocycles. The molecular formula is C22H42O4S. The predicted molar refractivity (Wildman–Crippen MR) is 115 cm³/mol. The van der Waals surface area contributed by atoms with Gasteiger partial charge >= 0.3 is 11.9 Å². The van der Waals surface area contributed by atoms with Gasteiger partial charge in [-0.15, -0.1) is 0 Å². The Morgan fingerprint density at radius 1 is 0.815 bits per heavy atom. The van der Waals surface area contributed by atoms with E-state index in [0.717, 1.165) is 12.8 Å². The number of hydrogen-bond donors (Lipinski definition) is 2.